The molecule has 0 aliphatic rings. The highest BCUT2D eigenvalue weighted by Crippen LogP contribution is 2.63. The molecule has 17 heteroatoms. The van der Waals surface area contributed by atoms with Gasteiger partial charge in [-0.25, -0.2) is 3.63 Å². The molecule has 0 bridgehead atoms. The molecule has 0 saturated carbocycles. The van der Waals surface area contributed by atoms with Crippen LogP contribution in [-0.4, -0.2) is 48.1 Å². The lowest BCUT2D eigenvalue weighted by molar-refractivity contribution is -0.383. The molecule has 0 aromatic heterocycles. The highest BCUT2D eigenvalue weighted by molar-refractivity contribution is 8.33. The summed E-state index contributed by atoms with van der Waals surface area (Å²) in [4.78, 5) is 10.2. The molecule has 198 valence electrons. The van der Waals surface area contributed by atoms with Crippen molar-refractivity contribution in [3.05, 3.63) is 46.5 Å². The first kappa shape index (κ1) is 29.0. The molecule has 2 aromatic rings. The fourth-order valence-corrected chi connectivity index (χ4v) is 8.26. The van der Waals surface area contributed by atoms with Crippen molar-refractivity contribution in [2.24, 2.45) is 0 Å². The fraction of sp³-hybridized carbons (Fsp3) is 0.444. The Morgan fingerprint density at radius 1 is 0.829 bits per heavy atom. The molecular formula is C18H16F9NO5S2. The molecule has 35 heavy (non-hydrogen) atoms. The molecule has 0 aliphatic heterocycles. The lowest BCUT2D eigenvalue weighted by atomic mass is 10.1. The van der Waals surface area contributed by atoms with Crippen LogP contribution in [0.2, 0.25) is 0 Å². The van der Waals surface area contributed by atoms with E-state index in [1.807, 2.05) is 0 Å². The summed E-state index contributed by atoms with van der Waals surface area (Å²) in [6.45, 7) is 2.34. The third-order valence-electron chi connectivity index (χ3n) is 5.04. The van der Waals surface area contributed by atoms with Crippen LogP contribution in [0.4, 0.5) is 45.2 Å². The van der Waals surface area contributed by atoms with Crippen molar-refractivity contribution >= 4 is 36.9 Å². The average molecular weight is 561 g/mol. The molecule has 0 N–H and O–H groups in total. The normalized spacial score (nSPS) is 14.8. The summed E-state index contributed by atoms with van der Waals surface area (Å²) in [5.74, 6) is -15.9. The second kappa shape index (κ2) is 8.99. The molecule has 0 fully saturated rings. The molecule has 0 unspecified atom stereocenters. The van der Waals surface area contributed by atoms with Gasteiger partial charge >= 0.3 is 33.4 Å². The predicted molar refractivity (Wildman–Crippen MR) is 108 cm³/mol. The summed E-state index contributed by atoms with van der Waals surface area (Å²) in [7, 11) is -10.8. The number of fused-ring (bicyclic) bond motifs is 1. The molecule has 2 aromatic carbocycles. The van der Waals surface area contributed by atoms with Crippen LogP contribution in [0, 0.1) is 10.1 Å². The molecule has 0 aliphatic carbocycles. The number of halogens is 9. The lowest BCUT2D eigenvalue weighted by Crippen LogP contribution is -2.63. The third-order valence-corrected chi connectivity index (χ3v) is 10.7. The van der Waals surface area contributed by atoms with Gasteiger partial charge in [0, 0.05) is 27.9 Å². The van der Waals surface area contributed by atoms with Crippen LogP contribution in [0.5, 0.6) is 0 Å². The van der Waals surface area contributed by atoms with E-state index in [9.17, 15) is 58.0 Å². The summed E-state index contributed by atoms with van der Waals surface area (Å²) < 4.78 is 149. The van der Waals surface area contributed by atoms with Crippen LogP contribution in [-0.2, 0) is 13.7 Å². The Balaban J connectivity index is 2.75. The average Bonchev–Trinajstić information content (AvgIpc) is 2.75. The first-order valence-electron chi connectivity index (χ1n) is 9.34. The maximum absolute atomic E-state index is 14.3. The summed E-state index contributed by atoms with van der Waals surface area (Å²) in [5.41, 5.74) is -0.491. The summed E-state index contributed by atoms with van der Waals surface area (Å²) >= 11 is 0. The van der Waals surface area contributed by atoms with E-state index in [1.54, 1.807) is 0 Å². The second-order valence-corrected chi connectivity index (χ2v) is 12.1. The molecular weight excluding hydrogens is 545 g/mol. The molecule has 0 atom stereocenters. The zero-order valence-corrected chi connectivity index (χ0v) is 19.2. The topological polar surface area (TPSA) is 86.5 Å². The number of non-ortho nitro benzene ring substituents is 1. The monoisotopic (exact) mass is 561 g/mol. The third kappa shape index (κ3) is 4.41. The first-order valence-corrected chi connectivity index (χ1v) is 12.6. The van der Waals surface area contributed by atoms with Crippen LogP contribution < -0.4 is 0 Å². The molecule has 6 nitrogen and oxygen atoms in total. The Morgan fingerprint density at radius 3 is 1.74 bits per heavy atom. The van der Waals surface area contributed by atoms with Gasteiger partial charge in [0.15, 0.2) is 0 Å². The molecule has 0 spiro atoms. The number of hydrogen-bond donors (Lipinski definition) is 0. The summed E-state index contributed by atoms with van der Waals surface area (Å²) in [5, 5.41) is 4.08. The van der Waals surface area contributed by atoms with E-state index >= 15 is 0 Å². The van der Waals surface area contributed by atoms with Crippen molar-refractivity contribution in [2.75, 3.05) is 11.5 Å². The molecule has 2 rings (SSSR count). The number of benzene rings is 2. The van der Waals surface area contributed by atoms with Crippen molar-refractivity contribution in [3.63, 3.8) is 0 Å². The van der Waals surface area contributed by atoms with Crippen LogP contribution in [0.25, 0.3) is 10.8 Å². The minimum atomic E-state index is -7.44. The van der Waals surface area contributed by atoms with E-state index in [0.29, 0.717) is 0 Å². The number of alkyl halides is 9. The van der Waals surface area contributed by atoms with Gasteiger partial charge in [-0.2, -0.15) is 47.9 Å². The number of hydrogen-bond acceptors (Lipinski definition) is 5. The van der Waals surface area contributed by atoms with Gasteiger partial charge in [0.2, 0.25) is 0 Å². The lowest BCUT2D eigenvalue weighted by Gasteiger charge is -2.40. The maximum atomic E-state index is 14.3. The van der Waals surface area contributed by atoms with E-state index < -0.39 is 65.8 Å². The summed E-state index contributed by atoms with van der Waals surface area (Å²) in [6, 6.07) is 6.90. The standard InChI is InChI=1S/C18H16F9NO5S2/c1-3-34(4-2,14-10-9-13(28(29)30)11-7-5-6-8-12(11)14)33-35(31,32)18(26,27)16(21,22)15(19,20)17(23,24)25/h5-10H,3-4H2,1-2H3. The zero-order valence-electron chi connectivity index (χ0n) is 17.6. The van der Waals surface area contributed by atoms with E-state index in [2.05, 4.69) is 3.63 Å². The van der Waals surface area contributed by atoms with Gasteiger partial charge in [-0.05, 0) is 12.1 Å². The zero-order chi connectivity index (χ0) is 27.3. The largest absolute Gasteiger partial charge is 0.460 e. The van der Waals surface area contributed by atoms with Gasteiger partial charge in [-0.1, -0.05) is 42.4 Å². The number of rotatable bonds is 9. The maximum Gasteiger partial charge on any atom is 0.460 e. The van der Waals surface area contributed by atoms with E-state index in [0.717, 1.165) is 12.1 Å². The SMILES string of the molecule is CCS(CC)(OS(=O)(=O)C(F)(F)C(F)(F)C(F)(F)C(F)(F)F)c1ccc([N+](=O)[O-])c2ccccc12. The quantitative estimate of drug-likeness (QED) is 0.195. The van der Waals surface area contributed by atoms with E-state index in [4.69, 9.17) is 0 Å². The Labute approximate surface area is 193 Å². The highest BCUT2D eigenvalue weighted by atomic mass is 32.3. The first-order chi connectivity index (χ1) is 15.7. The number of nitrogens with zero attached hydrogens (tertiary/aromatic N) is 1. The van der Waals surface area contributed by atoms with Crippen LogP contribution >= 0.6 is 10.3 Å². The highest BCUT2D eigenvalue weighted by Gasteiger charge is 2.86. The fourth-order valence-electron chi connectivity index (χ4n) is 3.12. The van der Waals surface area contributed by atoms with Crippen LogP contribution in [0.15, 0.2) is 41.3 Å². The summed E-state index contributed by atoms with van der Waals surface area (Å²) in [6.07, 6.45) is -7.22. The smallest absolute Gasteiger partial charge is 0.258 e. The molecule has 0 radical (unpaired) electrons. The Hall–Kier alpha value is -2.27. The van der Waals surface area contributed by atoms with Gasteiger partial charge in [-0.3, -0.25) is 10.1 Å². The van der Waals surface area contributed by atoms with Crippen molar-refractivity contribution in [1.29, 1.82) is 0 Å². The van der Waals surface area contributed by atoms with Crippen molar-refractivity contribution in [3.8, 4) is 0 Å². The van der Waals surface area contributed by atoms with E-state index in [-0.39, 0.29) is 15.7 Å². The minimum absolute atomic E-state index is 0.0914. The van der Waals surface area contributed by atoms with Gasteiger partial charge in [-0.15, -0.1) is 0 Å². The Kier molecular flexibility index (Phi) is 7.44. The number of nitro groups is 1. The van der Waals surface area contributed by atoms with Crippen molar-refractivity contribution in [2.45, 2.75) is 42.0 Å². The van der Waals surface area contributed by atoms with Crippen molar-refractivity contribution in [1.82, 2.24) is 0 Å². The molecule has 0 amide bonds. The molecule has 0 saturated heterocycles. The van der Waals surface area contributed by atoms with E-state index in [1.165, 1.54) is 38.1 Å². The molecule has 0 heterocycles. The van der Waals surface area contributed by atoms with Gasteiger partial charge in [0.25, 0.3) is 5.69 Å². The van der Waals surface area contributed by atoms with Crippen LogP contribution in [0.3, 0.4) is 0 Å². The van der Waals surface area contributed by atoms with Crippen LogP contribution in [0.1, 0.15) is 13.8 Å². The second-order valence-electron chi connectivity index (χ2n) is 6.96. The van der Waals surface area contributed by atoms with Crippen molar-refractivity contribution < 1.29 is 56.5 Å². The van der Waals surface area contributed by atoms with Gasteiger partial charge in [0.05, 0.1) is 10.3 Å². The predicted octanol–water partition coefficient (Wildman–Crippen LogP) is 6.64. The van der Waals surface area contributed by atoms with Gasteiger partial charge in [0.1, 0.15) is 0 Å². The number of nitro benzene ring substituents is 1. The van der Waals surface area contributed by atoms with Gasteiger partial charge < -0.3 is 0 Å². The Morgan fingerprint density at radius 2 is 1.31 bits per heavy atom. The minimum Gasteiger partial charge on any atom is -0.258 e. The Bertz CT molecular complexity index is 1230.